The molecule has 0 aliphatic rings. The summed E-state index contributed by atoms with van der Waals surface area (Å²) in [7, 11) is 0. The van der Waals surface area contributed by atoms with Crippen LogP contribution in [0.5, 0.6) is 0 Å². The Morgan fingerprint density at radius 3 is 1.72 bits per heavy atom. The van der Waals surface area contributed by atoms with Crippen LogP contribution >= 0.6 is 23.5 Å². The summed E-state index contributed by atoms with van der Waals surface area (Å²) in [6.07, 6.45) is 5.31. The van der Waals surface area contributed by atoms with Crippen LogP contribution in [0.3, 0.4) is 0 Å². The van der Waals surface area contributed by atoms with Gasteiger partial charge in [-0.05, 0) is 32.1 Å². The highest BCUT2D eigenvalue weighted by molar-refractivity contribution is 7.98. The monoisotopic (exact) mass is 296 g/mol. The van der Waals surface area contributed by atoms with Crippen molar-refractivity contribution in [3.05, 3.63) is 0 Å². The zero-order chi connectivity index (χ0) is 13.5. The van der Waals surface area contributed by atoms with E-state index in [0.29, 0.717) is 13.0 Å². The maximum absolute atomic E-state index is 10.4. The molecule has 0 rings (SSSR count). The zero-order valence-corrected chi connectivity index (χ0v) is 12.9. The summed E-state index contributed by atoms with van der Waals surface area (Å²) < 4.78 is 5.14. The van der Waals surface area contributed by atoms with Crippen LogP contribution in [0, 0.1) is 0 Å². The molecule has 0 aromatic carbocycles. The highest BCUT2D eigenvalue weighted by Gasteiger charge is 1.91. The van der Waals surface area contributed by atoms with Gasteiger partial charge in [0.15, 0.2) is 0 Å². The molecule has 110 valence electrons. The number of ketones is 2. The lowest BCUT2D eigenvalue weighted by molar-refractivity contribution is -0.118. The molecule has 3 nitrogen and oxygen atoms in total. The molecule has 0 N–H and O–H groups in total. The summed E-state index contributed by atoms with van der Waals surface area (Å²) in [4.78, 5) is 20.6. The highest BCUT2D eigenvalue weighted by Crippen LogP contribution is 1.94. The van der Waals surface area contributed by atoms with E-state index in [1.807, 2.05) is 12.5 Å². The van der Waals surface area contributed by atoms with Crippen molar-refractivity contribution in [2.75, 3.05) is 37.2 Å². The molecule has 0 amide bonds. The molecule has 0 heterocycles. The van der Waals surface area contributed by atoms with Gasteiger partial charge < -0.3 is 4.74 Å². The topological polar surface area (TPSA) is 43.4 Å². The summed E-state index contributed by atoms with van der Waals surface area (Å²) in [5, 5.41) is 0. The molecular formula is C13H28O3S2. The molecule has 0 radical (unpaired) electrons. The maximum Gasteiger partial charge on any atom is 0.132 e. The number of Topliss-reactive ketones (excluding diaryl/α,β-unsaturated/α-hetero) is 2. The second-order valence-electron chi connectivity index (χ2n) is 3.50. The van der Waals surface area contributed by atoms with E-state index in [0.717, 1.165) is 24.5 Å². The van der Waals surface area contributed by atoms with Gasteiger partial charge in [-0.1, -0.05) is 7.43 Å². The second-order valence-corrected chi connectivity index (χ2v) is 5.47. The van der Waals surface area contributed by atoms with E-state index in [4.69, 9.17) is 4.74 Å². The van der Waals surface area contributed by atoms with Crippen LogP contribution in [0.2, 0.25) is 0 Å². The average Bonchev–Trinajstić information content (AvgIpc) is 2.26. The Kier molecular flexibility index (Phi) is 24.8. The summed E-state index contributed by atoms with van der Waals surface area (Å²) >= 11 is 3.46. The SMILES string of the molecule is C.CSCCC(C)=O.CSCCOCCC(C)=O. The van der Waals surface area contributed by atoms with E-state index >= 15 is 0 Å². The van der Waals surface area contributed by atoms with E-state index in [1.165, 1.54) is 0 Å². The van der Waals surface area contributed by atoms with Crippen LogP contribution in [0.15, 0.2) is 0 Å². The number of ether oxygens (including phenoxy) is 1. The lowest BCUT2D eigenvalue weighted by Crippen LogP contribution is -2.02. The molecule has 0 aromatic heterocycles. The Balaban J connectivity index is -0.000000251. The minimum Gasteiger partial charge on any atom is -0.380 e. The van der Waals surface area contributed by atoms with Crippen molar-refractivity contribution in [2.24, 2.45) is 0 Å². The number of carbonyl (C=O) groups is 2. The van der Waals surface area contributed by atoms with Gasteiger partial charge >= 0.3 is 0 Å². The van der Waals surface area contributed by atoms with Gasteiger partial charge in [-0.15, -0.1) is 0 Å². The number of thioether (sulfide) groups is 2. The minimum atomic E-state index is 0. The van der Waals surface area contributed by atoms with Gasteiger partial charge in [0.2, 0.25) is 0 Å². The Morgan fingerprint density at radius 2 is 1.39 bits per heavy atom. The van der Waals surface area contributed by atoms with Gasteiger partial charge in [-0.2, -0.15) is 23.5 Å². The number of hydrogen-bond acceptors (Lipinski definition) is 5. The third-order valence-corrected chi connectivity index (χ3v) is 2.88. The molecule has 0 bridgehead atoms. The molecule has 18 heavy (non-hydrogen) atoms. The predicted octanol–water partition coefficient (Wildman–Crippen LogP) is 3.31. The van der Waals surface area contributed by atoms with Gasteiger partial charge in [0.1, 0.15) is 11.6 Å². The smallest absolute Gasteiger partial charge is 0.132 e. The van der Waals surface area contributed by atoms with Crippen molar-refractivity contribution in [2.45, 2.75) is 34.1 Å². The summed E-state index contributed by atoms with van der Waals surface area (Å²) in [6.45, 7) is 4.54. The maximum atomic E-state index is 10.4. The van der Waals surface area contributed by atoms with E-state index in [-0.39, 0.29) is 19.0 Å². The number of rotatable bonds is 9. The molecule has 0 spiro atoms. The third-order valence-electron chi connectivity index (χ3n) is 1.69. The van der Waals surface area contributed by atoms with Crippen LogP contribution in [0.25, 0.3) is 0 Å². The van der Waals surface area contributed by atoms with Gasteiger partial charge in [0, 0.05) is 18.6 Å². The second kappa shape index (κ2) is 19.3. The Hall–Kier alpha value is -0.0000000000000000555. The molecule has 0 saturated heterocycles. The lowest BCUT2D eigenvalue weighted by Gasteiger charge is -1.99. The highest BCUT2D eigenvalue weighted by atomic mass is 32.2. The molecular weight excluding hydrogens is 268 g/mol. The predicted molar refractivity (Wildman–Crippen MR) is 84.9 cm³/mol. The first kappa shape index (κ1) is 23.1. The van der Waals surface area contributed by atoms with Crippen molar-refractivity contribution in [3.8, 4) is 0 Å². The third kappa shape index (κ3) is 29.8. The number of hydrogen-bond donors (Lipinski definition) is 0. The molecule has 0 aliphatic carbocycles. The summed E-state index contributed by atoms with van der Waals surface area (Å²) in [5.41, 5.74) is 0. The van der Waals surface area contributed by atoms with Crippen molar-refractivity contribution < 1.29 is 14.3 Å². The van der Waals surface area contributed by atoms with Crippen LogP contribution in [0.4, 0.5) is 0 Å². The quantitative estimate of drug-likeness (QED) is 0.611. The summed E-state index contributed by atoms with van der Waals surface area (Å²) in [5.74, 6) is 2.46. The minimum absolute atomic E-state index is 0. The first-order valence-corrected chi connectivity index (χ1v) is 8.37. The molecule has 0 aliphatic heterocycles. The lowest BCUT2D eigenvalue weighted by atomic mass is 10.3. The molecule has 0 aromatic rings. The van der Waals surface area contributed by atoms with Gasteiger partial charge in [0.05, 0.1) is 13.2 Å². The fourth-order valence-electron chi connectivity index (χ4n) is 0.706. The van der Waals surface area contributed by atoms with Gasteiger partial charge in [0.25, 0.3) is 0 Å². The average molecular weight is 296 g/mol. The standard InChI is InChI=1S/C7H14O2S.C5H10OS.CH4/c1-7(8)3-4-9-5-6-10-2;1-5(6)3-4-7-2;/h3-6H2,1-2H3;3-4H2,1-2H3;1H4. The Labute approximate surface area is 121 Å². The van der Waals surface area contributed by atoms with Crippen LogP contribution in [-0.2, 0) is 14.3 Å². The van der Waals surface area contributed by atoms with Crippen LogP contribution < -0.4 is 0 Å². The first-order chi connectivity index (χ1) is 8.04. The molecule has 5 heteroatoms. The zero-order valence-electron chi connectivity index (χ0n) is 11.3. The molecule has 0 saturated carbocycles. The Morgan fingerprint density at radius 1 is 0.889 bits per heavy atom. The molecule has 0 fully saturated rings. The van der Waals surface area contributed by atoms with E-state index in [9.17, 15) is 9.59 Å². The van der Waals surface area contributed by atoms with Crippen molar-refractivity contribution in [3.63, 3.8) is 0 Å². The summed E-state index contributed by atoms with van der Waals surface area (Å²) in [6, 6.07) is 0. The fraction of sp³-hybridized carbons (Fsp3) is 0.846. The molecule has 0 atom stereocenters. The van der Waals surface area contributed by atoms with E-state index in [2.05, 4.69) is 0 Å². The van der Waals surface area contributed by atoms with Gasteiger partial charge in [-0.25, -0.2) is 0 Å². The van der Waals surface area contributed by atoms with Crippen molar-refractivity contribution in [1.29, 1.82) is 0 Å². The normalized spacial score (nSPS) is 8.89. The van der Waals surface area contributed by atoms with Crippen LogP contribution in [0.1, 0.15) is 34.1 Å². The number of carbonyl (C=O) groups excluding carboxylic acids is 2. The largest absolute Gasteiger partial charge is 0.380 e. The fourth-order valence-corrected chi connectivity index (χ4v) is 1.48. The van der Waals surface area contributed by atoms with E-state index < -0.39 is 0 Å². The van der Waals surface area contributed by atoms with Crippen molar-refractivity contribution >= 4 is 35.1 Å². The molecule has 0 unspecified atom stereocenters. The van der Waals surface area contributed by atoms with Gasteiger partial charge in [-0.3, -0.25) is 9.59 Å². The van der Waals surface area contributed by atoms with Crippen LogP contribution in [-0.4, -0.2) is 48.8 Å². The Bertz CT molecular complexity index is 197. The van der Waals surface area contributed by atoms with Crippen molar-refractivity contribution in [1.82, 2.24) is 0 Å². The first-order valence-electron chi connectivity index (χ1n) is 5.59. The van der Waals surface area contributed by atoms with E-state index in [1.54, 1.807) is 37.4 Å².